The Morgan fingerprint density at radius 3 is 2.70 bits per heavy atom. The van der Waals surface area contributed by atoms with Crippen molar-refractivity contribution >= 4 is 0 Å². The van der Waals surface area contributed by atoms with Crippen molar-refractivity contribution in [1.29, 1.82) is 0 Å². The minimum Gasteiger partial charge on any atom is -0.393 e. The number of aliphatic hydroxyl groups is 1. The van der Waals surface area contributed by atoms with Crippen LogP contribution in [0.3, 0.4) is 0 Å². The molecule has 1 nitrogen and oxygen atoms in total. The summed E-state index contributed by atoms with van der Waals surface area (Å²) in [5.74, 6) is 0. The molecule has 0 aromatic carbocycles. The van der Waals surface area contributed by atoms with Crippen LogP contribution in [0, 0.1) is 0 Å². The number of unbranched alkanes of at least 4 members (excludes halogenated alkanes) is 1. The van der Waals surface area contributed by atoms with Gasteiger partial charge in [0, 0.05) is 0 Å². The van der Waals surface area contributed by atoms with Gasteiger partial charge in [0.2, 0.25) is 0 Å². The van der Waals surface area contributed by atoms with Gasteiger partial charge in [0.15, 0.2) is 0 Å². The molecule has 0 spiro atoms. The van der Waals surface area contributed by atoms with Gasteiger partial charge in [-0.05, 0) is 19.8 Å². The molecule has 0 radical (unpaired) electrons. The van der Waals surface area contributed by atoms with Crippen LogP contribution in [-0.4, -0.2) is 11.2 Å². The first-order valence-electron chi connectivity index (χ1n) is 4.10. The van der Waals surface area contributed by atoms with E-state index in [2.05, 4.69) is 6.92 Å². The van der Waals surface area contributed by atoms with Crippen molar-refractivity contribution in [3.63, 3.8) is 0 Å². The van der Waals surface area contributed by atoms with Crippen LogP contribution in [0.5, 0.6) is 0 Å². The van der Waals surface area contributed by atoms with Crippen molar-refractivity contribution < 1.29 is 5.11 Å². The molecule has 0 aromatic rings. The molecule has 1 heteroatoms. The smallest absolute Gasteiger partial charge is 0.0574 e. The van der Waals surface area contributed by atoms with E-state index in [4.69, 9.17) is 0 Å². The first-order valence-corrected chi connectivity index (χ1v) is 4.10. The lowest BCUT2D eigenvalue weighted by atomic mass is 10.1. The third-order valence-corrected chi connectivity index (χ3v) is 1.53. The van der Waals surface area contributed by atoms with Crippen LogP contribution >= 0.6 is 0 Å². The van der Waals surface area contributed by atoms with Crippen molar-refractivity contribution in [2.24, 2.45) is 0 Å². The van der Waals surface area contributed by atoms with E-state index in [1.165, 1.54) is 6.42 Å². The average Bonchev–Trinajstić information content (AvgIpc) is 1.97. The number of allylic oxidation sites excluding steroid dienone is 1. The summed E-state index contributed by atoms with van der Waals surface area (Å²) in [7, 11) is 0. The Bertz CT molecular complexity index is 86.7. The van der Waals surface area contributed by atoms with Crippen LogP contribution in [0.1, 0.15) is 39.5 Å². The van der Waals surface area contributed by atoms with Gasteiger partial charge in [-0.25, -0.2) is 0 Å². The summed E-state index contributed by atoms with van der Waals surface area (Å²) in [4.78, 5) is 0. The molecule has 0 aliphatic heterocycles. The molecule has 0 aliphatic rings. The molecule has 1 N–H and O–H groups in total. The van der Waals surface area contributed by atoms with Gasteiger partial charge < -0.3 is 5.11 Å². The monoisotopic (exact) mass is 142 g/mol. The standard InChI is InChI=1S/C9H18O/c1-3-5-7-9(10)8-6-4-2/h3,5,9-10H,4,6-8H2,1-2H3/b5-3+/t9-/m1/s1. The molecule has 0 aliphatic carbocycles. The zero-order valence-corrected chi connectivity index (χ0v) is 7.01. The van der Waals surface area contributed by atoms with Crippen LogP contribution in [0.2, 0.25) is 0 Å². The van der Waals surface area contributed by atoms with E-state index in [0.717, 1.165) is 19.3 Å². The minimum atomic E-state index is -0.115. The van der Waals surface area contributed by atoms with Gasteiger partial charge in [-0.1, -0.05) is 31.9 Å². The Morgan fingerprint density at radius 2 is 2.20 bits per heavy atom. The van der Waals surface area contributed by atoms with Crippen LogP contribution in [-0.2, 0) is 0 Å². The summed E-state index contributed by atoms with van der Waals surface area (Å²) in [6.45, 7) is 4.12. The van der Waals surface area contributed by atoms with E-state index in [-0.39, 0.29) is 6.10 Å². The van der Waals surface area contributed by atoms with E-state index >= 15 is 0 Å². The molecule has 0 rings (SSSR count). The fraction of sp³-hybridized carbons (Fsp3) is 0.778. The number of rotatable bonds is 5. The zero-order valence-electron chi connectivity index (χ0n) is 7.01. The van der Waals surface area contributed by atoms with Crippen molar-refractivity contribution in [1.82, 2.24) is 0 Å². The summed E-state index contributed by atoms with van der Waals surface area (Å²) in [5, 5.41) is 9.26. The van der Waals surface area contributed by atoms with Gasteiger partial charge >= 0.3 is 0 Å². The predicted octanol–water partition coefficient (Wildman–Crippen LogP) is 2.50. The Morgan fingerprint density at radius 1 is 1.50 bits per heavy atom. The number of aliphatic hydroxyl groups excluding tert-OH is 1. The van der Waals surface area contributed by atoms with Gasteiger partial charge in [0.25, 0.3) is 0 Å². The summed E-state index contributed by atoms with van der Waals surface area (Å²) >= 11 is 0. The highest BCUT2D eigenvalue weighted by atomic mass is 16.3. The third kappa shape index (κ3) is 5.83. The molecule has 10 heavy (non-hydrogen) atoms. The SMILES string of the molecule is C/C=C/C[C@@H](O)CCCC. The molecule has 0 saturated carbocycles. The van der Waals surface area contributed by atoms with Crippen LogP contribution in [0.15, 0.2) is 12.2 Å². The maximum absolute atomic E-state index is 9.26. The molecule has 0 amide bonds. The normalized spacial score (nSPS) is 14.3. The van der Waals surface area contributed by atoms with Gasteiger partial charge in [-0.15, -0.1) is 0 Å². The lowest BCUT2D eigenvalue weighted by Crippen LogP contribution is -2.03. The highest BCUT2D eigenvalue weighted by Crippen LogP contribution is 2.04. The molecule has 1 atom stereocenters. The first-order chi connectivity index (χ1) is 4.81. The summed E-state index contributed by atoms with van der Waals surface area (Å²) < 4.78 is 0. The fourth-order valence-electron chi connectivity index (χ4n) is 0.851. The van der Waals surface area contributed by atoms with Crippen molar-refractivity contribution in [3.8, 4) is 0 Å². The minimum absolute atomic E-state index is 0.115. The van der Waals surface area contributed by atoms with Crippen LogP contribution < -0.4 is 0 Å². The summed E-state index contributed by atoms with van der Waals surface area (Å²) in [5.41, 5.74) is 0. The van der Waals surface area contributed by atoms with Crippen LogP contribution in [0.25, 0.3) is 0 Å². The zero-order chi connectivity index (χ0) is 7.82. The Balaban J connectivity index is 3.16. The molecule has 0 bridgehead atoms. The number of hydrogen-bond acceptors (Lipinski definition) is 1. The fourth-order valence-corrected chi connectivity index (χ4v) is 0.851. The summed E-state index contributed by atoms with van der Waals surface area (Å²) in [6, 6.07) is 0. The lowest BCUT2D eigenvalue weighted by Gasteiger charge is -2.04. The molecule has 60 valence electrons. The maximum Gasteiger partial charge on any atom is 0.0574 e. The second-order valence-electron chi connectivity index (χ2n) is 2.60. The Hall–Kier alpha value is -0.300. The van der Waals surface area contributed by atoms with Crippen molar-refractivity contribution in [3.05, 3.63) is 12.2 Å². The van der Waals surface area contributed by atoms with Crippen molar-refractivity contribution in [2.75, 3.05) is 0 Å². The quantitative estimate of drug-likeness (QED) is 0.585. The Labute approximate surface area is 63.8 Å². The second kappa shape index (κ2) is 6.81. The highest BCUT2D eigenvalue weighted by Gasteiger charge is 1.98. The highest BCUT2D eigenvalue weighted by molar-refractivity contribution is 4.79. The topological polar surface area (TPSA) is 20.2 Å². The predicted molar refractivity (Wildman–Crippen MR) is 45.0 cm³/mol. The number of hydrogen-bond donors (Lipinski definition) is 1. The van der Waals surface area contributed by atoms with E-state index < -0.39 is 0 Å². The second-order valence-corrected chi connectivity index (χ2v) is 2.60. The molecule has 0 unspecified atom stereocenters. The van der Waals surface area contributed by atoms with E-state index in [9.17, 15) is 5.11 Å². The molecule has 0 saturated heterocycles. The largest absolute Gasteiger partial charge is 0.393 e. The van der Waals surface area contributed by atoms with Gasteiger partial charge in [0.1, 0.15) is 0 Å². The van der Waals surface area contributed by atoms with E-state index in [0.29, 0.717) is 0 Å². The molecule has 0 heterocycles. The first kappa shape index (κ1) is 9.70. The molecular formula is C9H18O. The molecule has 0 aromatic heterocycles. The Kier molecular flexibility index (Phi) is 6.61. The van der Waals surface area contributed by atoms with E-state index in [1.807, 2.05) is 19.1 Å². The van der Waals surface area contributed by atoms with Crippen molar-refractivity contribution in [2.45, 2.75) is 45.6 Å². The van der Waals surface area contributed by atoms with Gasteiger partial charge in [-0.3, -0.25) is 0 Å². The van der Waals surface area contributed by atoms with Gasteiger partial charge in [-0.2, -0.15) is 0 Å². The molecule has 0 fully saturated rings. The maximum atomic E-state index is 9.26. The average molecular weight is 142 g/mol. The van der Waals surface area contributed by atoms with Crippen LogP contribution in [0.4, 0.5) is 0 Å². The third-order valence-electron chi connectivity index (χ3n) is 1.53. The lowest BCUT2D eigenvalue weighted by molar-refractivity contribution is 0.164. The summed E-state index contributed by atoms with van der Waals surface area (Å²) in [6.07, 6.45) is 7.95. The molecular weight excluding hydrogens is 124 g/mol. The van der Waals surface area contributed by atoms with E-state index in [1.54, 1.807) is 0 Å². The van der Waals surface area contributed by atoms with Gasteiger partial charge in [0.05, 0.1) is 6.10 Å².